The van der Waals surface area contributed by atoms with E-state index in [9.17, 15) is 0 Å². The molecule has 298 valence electrons. The van der Waals surface area contributed by atoms with Crippen molar-refractivity contribution in [1.82, 2.24) is 24.1 Å². The van der Waals surface area contributed by atoms with Gasteiger partial charge in [-0.15, -0.1) is 0 Å². The fraction of sp³-hybridized carbons (Fsp3) is 0.0339. The molecule has 3 aromatic heterocycles. The first-order valence-electron chi connectivity index (χ1n) is 22.0. The van der Waals surface area contributed by atoms with Crippen LogP contribution in [0.15, 0.2) is 200 Å². The van der Waals surface area contributed by atoms with Gasteiger partial charge in [-0.2, -0.15) is 15.0 Å². The lowest BCUT2D eigenvalue weighted by atomic mass is 9.93. The molecule has 2 aliphatic rings. The van der Waals surface area contributed by atoms with Crippen molar-refractivity contribution < 1.29 is 0 Å². The molecule has 5 heteroatoms. The van der Waals surface area contributed by atoms with E-state index in [1.54, 1.807) is 0 Å². The molecule has 0 atom stereocenters. The highest BCUT2D eigenvalue weighted by atomic mass is 15.3. The predicted molar refractivity (Wildman–Crippen MR) is 261 cm³/mol. The molecule has 14 rings (SSSR count). The molecule has 0 radical (unpaired) electrons. The van der Waals surface area contributed by atoms with Crippen LogP contribution in [0, 0.1) is 0 Å². The van der Waals surface area contributed by atoms with Crippen LogP contribution < -0.4 is 0 Å². The summed E-state index contributed by atoms with van der Waals surface area (Å²) < 4.78 is 4.44. The first-order valence-corrected chi connectivity index (χ1v) is 22.0. The Morgan fingerprint density at radius 1 is 0.297 bits per heavy atom. The standard InChI is InChI=1S/C59H37N5/c1-2-14-36(15-3-1)57-60-58(63-51-26-10-8-22-47(51)49-34-39(28-30-53(49)63)45-24-12-18-41-32-37-16-4-6-20-43(37)55(41)45)62-59(61-57)64-52-27-11-9-23-48(52)50-35-40(29-31-54(50)64)46-25-13-19-42-33-38-17-5-7-21-44(38)56(42)46/h1-31,34-35H,32-33H2. The molecule has 2 aliphatic carbocycles. The molecule has 0 spiro atoms. The SMILES string of the molecule is c1ccc(-c2nc(-n3c4ccccc4c4cc(-c5cccc6c5-c5ccccc5C6)ccc43)nc(-n3c4ccccc4c4cc(-c5cccc6c5-c5ccccc5C6)ccc43)n2)cc1. The van der Waals surface area contributed by atoms with Gasteiger partial charge >= 0.3 is 0 Å². The third-order valence-electron chi connectivity index (χ3n) is 13.6. The van der Waals surface area contributed by atoms with Crippen molar-refractivity contribution in [3.63, 3.8) is 0 Å². The van der Waals surface area contributed by atoms with Crippen molar-refractivity contribution in [3.05, 3.63) is 222 Å². The summed E-state index contributed by atoms with van der Waals surface area (Å²) in [6.45, 7) is 0. The Labute approximate surface area is 369 Å². The van der Waals surface area contributed by atoms with E-state index in [-0.39, 0.29) is 0 Å². The number of para-hydroxylation sites is 2. The van der Waals surface area contributed by atoms with Crippen LogP contribution in [0.25, 0.3) is 111 Å². The summed E-state index contributed by atoms with van der Waals surface area (Å²) >= 11 is 0. The van der Waals surface area contributed by atoms with Crippen LogP contribution in [0.3, 0.4) is 0 Å². The second kappa shape index (κ2) is 13.5. The zero-order valence-electron chi connectivity index (χ0n) is 34.7. The molecule has 0 saturated heterocycles. The highest BCUT2D eigenvalue weighted by molar-refractivity contribution is 6.12. The van der Waals surface area contributed by atoms with Gasteiger partial charge < -0.3 is 0 Å². The molecule has 5 nitrogen and oxygen atoms in total. The van der Waals surface area contributed by atoms with Crippen molar-refractivity contribution in [2.75, 3.05) is 0 Å². The summed E-state index contributed by atoms with van der Waals surface area (Å²) in [5.41, 5.74) is 20.9. The molecule has 12 aromatic rings. The minimum absolute atomic E-state index is 0.568. The van der Waals surface area contributed by atoms with Crippen LogP contribution in [0.4, 0.5) is 0 Å². The van der Waals surface area contributed by atoms with Gasteiger partial charge in [-0.1, -0.05) is 164 Å². The third kappa shape index (κ3) is 5.15. The van der Waals surface area contributed by atoms with Crippen LogP contribution in [-0.4, -0.2) is 24.1 Å². The first kappa shape index (κ1) is 35.2. The van der Waals surface area contributed by atoms with Gasteiger partial charge in [0.05, 0.1) is 22.1 Å². The fourth-order valence-electron chi connectivity index (χ4n) is 10.8. The number of fused-ring (bicyclic) bond motifs is 12. The maximum absolute atomic E-state index is 5.45. The van der Waals surface area contributed by atoms with Gasteiger partial charge in [0, 0.05) is 27.1 Å². The summed E-state index contributed by atoms with van der Waals surface area (Å²) in [7, 11) is 0. The average Bonchev–Trinajstić information content (AvgIpc) is 4.11. The van der Waals surface area contributed by atoms with Crippen LogP contribution in [0.2, 0.25) is 0 Å². The smallest absolute Gasteiger partial charge is 0.240 e. The lowest BCUT2D eigenvalue weighted by molar-refractivity contribution is 0.893. The number of hydrogen-bond acceptors (Lipinski definition) is 3. The predicted octanol–water partition coefficient (Wildman–Crippen LogP) is 14.2. The first-order chi connectivity index (χ1) is 31.7. The van der Waals surface area contributed by atoms with E-state index in [1.165, 1.54) is 66.8 Å². The van der Waals surface area contributed by atoms with E-state index >= 15 is 0 Å². The molecule has 9 aromatic carbocycles. The molecule has 0 bridgehead atoms. The Bertz CT molecular complexity index is 3680. The van der Waals surface area contributed by atoms with Gasteiger partial charge in [-0.25, -0.2) is 0 Å². The molecule has 64 heavy (non-hydrogen) atoms. The van der Waals surface area contributed by atoms with Crippen LogP contribution in [0.5, 0.6) is 0 Å². The maximum atomic E-state index is 5.45. The van der Waals surface area contributed by atoms with E-state index < -0.39 is 0 Å². The molecule has 0 saturated carbocycles. The van der Waals surface area contributed by atoms with E-state index in [2.05, 4.69) is 191 Å². The van der Waals surface area contributed by atoms with Gasteiger partial charge in [0.15, 0.2) is 5.82 Å². The molecule has 0 N–H and O–H groups in total. The highest BCUT2D eigenvalue weighted by Gasteiger charge is 2.26. The monoisotopic (exact) mass is 815 g/mol. The van der Waals surface area contributed by atoms with E-state index in [1.807, 2.05) is 18.2 Å². The minimum atomic E-state index is 0.568. The minimum Gasteiger partial charge on any atom is -0.278 e. The number of hydrogen-bond donors (Lipinski definition) is 0. The summed E-state index contributed by atoms with van der Waals surface area (Å²) in [5.74, 6) is 1.75. The molecule has 3 heterocycles. The summed E-state index contributed by atoms with van der Waals surface area (Å²) in [6.07, 6.45) is 1.92. The molecule has 0 fully saturated rings. The van der Waals surface area contributed by atoms with Crippen molar-refractivity contribution in [2.45, 2.75) is 12.8 Å². The van der Waals surface area contributed by atoms with E-state index in [4.69, 9.17) is 15.0 Å². The van der Waals surface area contributed by atoms with Crippen LogP contribution >= 0.6 is 0 Å². The Morgan fingerprint density at radius 2 is 0.719 bits per heavy atom. The van der Waals surface area contributed by atoms with E-state index in [0.29, 0.717) is 17.7 Å². The maximum Gasteiger partial charge on any atom is 0.240 e. The number of nitrogens with zero attached hydrogens (tertiary/aromatic N) is 5. The molecule has 0 aliphatic heterocycles. The number of rotatable bonds is 5. The van der Waals surface area contributed by atoms with Crippen molar-refractivity contribution >= 4 is 43.6 Å². The molecular formula is C59H37N5. The van der Waals surface area contributed by atoms with Gasteiger partial charge in [-0.3, -0.25) is 9.13 Å². The van der Waals surface area contributed by atoms with Crippen LogP contribution in [-0.2, 0) is 12.8 Å². The normalized spacial score (nSPS) is 12.6. The lowest BCUT2D eigenvalue weighted by Crippen LogP contribution is -2.10. The molecule has 0 amide bonds. The number of aromatic nitrogens is 5. The second-order valence-electron chi connectivity index (χ2n) is 17.1. The summed E-state index contributed by atoms with van der Waals surface area (Å²) in [4.78, 5) is 16.1. The Balaban J connectivity index is 0.980. The molecular weight excluding hydrogens is 779 g/mol. The topological polar surface area (TPSA) is 48.5 Å². The fourth-order valence-corrected chi connectivity index (χ4v) is 10.8. The summed E-state index contributed by atoms with van der Waals surface area (Å²) in [6, 6.07) is 72.4. The third-order valence-corrected chi connectivity index (χ3v) is 13.6. The second-order valence-corrected chi connectivity index (χ2v) is 17.1. The van der Waals surface area contributed by atoms with Gasteiger partial charge in [0.25, 0.3) is 0 Å². The average molecular weight is 816 g/mol. The van der Waals surface area contributed by atoms with Gasteiger partial charge in [-0.05, 0) is 116 Å². The largest absolute Gasteiger partial charge is 0.278 e. The zero-order valence-corrected chi connectivity index (χ0v) is 34.7. The van der Waals surface area contributed by atoms with E-state index in [0.717, 1.165) is 62.0 Å². The highest BCUT2D eigenvalue weighted by Crippen LogP contribution is 2.46. The van der Waals surface area contributed by atoms with Crippen LogP contribution in [0.1, 0.15) is 22.3 Å². The molecule has 0 unspecified atom stereocenters. The number of benzene rings is 9. The Morgan fingerprint density at radius 3 is 1.25 bits per heavy atom. The Hall–Kier alpha value is -8.41. The lowest BCUT2D eigenvalue weighted by Gasteiger charge is -2.13. The quantitative estimate of drug-likeness (QED) is 0.174. The zero-order chi connectivity index (χ0) is 41.9. The van der Waals surface area contributed by atoms with Crippen molar-refractivity contribution in [1.29, 1.82) is 0 Å². The van der Waals surface area contributed by atoms with Crippen molar-refractivity contribution in [2.24, 2.45) is 0 Å². The van der Waals surface area contributed by atoms with Gasteiger partial charge in [0.1, 0.15) is 0 Å². The van der Waals surface area contributed by atoms with Gasteiger partial charge in [0.2, 0.25) is 11.9 Å². The summed E-state index contributed by atoms with van der Waals surface area (Å²) in [5, 5.41) is 4.60. The van der Waals surface area contributed by atoms with Crippen molar-refractivity contribution in [3.8, 4) is 67.8 Å². The Kier molecular flexibility index (Phi) is 7.45.